The Balaban J connectivity index is 0. The lowest BCUT2D eigenvalue weighted by Gasteiger charge is -2.18. The monoisotopic (exact) mass is 306 g/mol. The molecule has 22 heavy (non-hydrogen) atoms. The molecule has 0 saturated heterocycles. The van der Waals surface area contributed by atoms with E-state index in [1.54, 1.807) is 31.4 Å². The minimum absolute atomic E-state index is 0.368. The summed E-state index contributed by atoms with van der Waals surface area (Å²) in [5, 5.41) is 0. The summed E-state index contributed by atoms with van der Waals surface area (Å²) in [5.74, 6) is 0. The summed E-state index contributed by atoms with van der Waals surface area (Å²) >= 11 is 0. The van der Waals surface area contributed by atoms with Gasteiger partial charge in [-0.25, -0.2) is 0 Å². The second-order valence-electron chi connectivity index (χ2n) is 3.92. The minimum Gasteiger partial charge on any atom is -0.374 e. The first-order valence-electron chi connectivity index (χ1n) is 7.99. The molecule has 0 aliphatic heterocycles. The smallest absolute Gasteiger partial charge is 0.249 e. The van der Waals surface area contributed by atoms with E-state index in [0.717, 1.165) is 5.56 Å². The van der Waals surface area contributed by atoms with Gasteiger partial charge >= 0.3 is 0 Å². The van der Waals surface area contributed by atoms with Crippen molar-refractivity contribution < 1.29 is 0 Å². The molecule has 4 heteroatoms. The summed E-state index contributed by atoms with van der Waals surface area (Å²) in [6.07, 6.45) is 3.86. The highest BCUT2D eigenvalue weighted by molar-refractivity contribution is 5.58. The van der Waals surface area contributed by atoms with E-state index in [1.807, 2.05) is 53.7 Å². The maximum atomic E-state index is 11.4. The predicted octanol–water partition coefficient (Wildman–Crippen LogP) is 3.41. The standard InChI is InChI=1S/C12H12N2O2.3C2H6/c1-14(2)10-9(11(15)12(10)16)6-8-4-3-5-13-7-8;3*1-2/h3-5,7H,6H2,1-2H3;3*1-2H3. The van der Waals surface area contributed by atoms with Gasteiger partial charge in [0.05, 0.1) is 5.69 Å². The van der Waals surface area contributed by atoms with Crippen LogP contribution in [-0.4, -0.2) is 19.1 Å². The number of anilines is 1. The van der Waals surface area contributed by atoms with E-state index in [1.165, 1.54) is 0 Å². The van der Waals surface area contributed by atoms with Crippen molar-refractivity contribution in [3.8, 4) is 0 Å². The fourth-order valence-corrected chi connectivity index (χ4v) is 1.77. The Morgan fingerprint density at radius 3 is 1.91 bits per heavy atom. The Morgan fingerprint density at radius 1 is 0.955 bits per heavy atom. The zero-order valence-electron chi connectivity index (χ0n) is 15.2. The van der Waals surface area contributed by atoms with Gasteiger partial charge in [-0.2, -0.15) is 0 Å². The lowest BCUT2D eigenvalue weighted by atomic mass is 9.99. The first kappa shape index (κ1) is 22.3. The molecule has 0 spiro atoms. The molecule has 0 unspecified atom stereocenters. The fraction of sp³-hybridized carbons (Fsp3) is 0.500. The van der Waals surface area contributed by atoms with Crippen LogP contribution < -0.4 is 15.8 Å². The molecular weight excluding hydrogens is 276 g/mol. The van der Waals surface area contributed by atoms with Crippen LogP contribution in [0.5, 0.6) is 0 Å². The number of aromatic nitrogens is 1. The summed E-state index contributed by atoms with van der Waals surface area (Å²) < 4.78 is 0. The van der Waals surface area contributed by atoms with Crippen molar-refractivity contribution in [3.05, 3.63) is 56.1 Å². The van der Waals surface area contributed by atoms with Gasteiger partial charge in [-0.15, -0.1) is 0 Å². The average Bonchev–Trinajstić information content (AvgIpc) is 2.60. The number of hydrogen-bond donors (Lipinski definition) is 0. The van der Waals surface area contributed by atoms with Crippen LogP contribution in [0.2, 0.25) is 0 Å². The lowest BCUT2D eigenvalue weighted by molar-refractivity contribution is 1.02. The summed E-state index contributed by atoms with van der Waals surface area (Å²) in [4.78, 5) is 28.4. The van der Waals surface area contributed by atoms with E-state index in [2.05, 4.69) is 4.98 Å². The molecule has 0 saturated carbocycles. The third-order valence-electron chi connectivity index (χ3n) is 2.53. The summed E-state index contributed by atoms with van der Waals surface area (Å²) in [5.41, 5.74) is 1.30. The molecule has 2 rings (SSSR count). The zero-order valence-corrected chi connectivity index (χ0v) is 15.2. The van der Waals surface area contributed by atoms with Crippen LogP contribution in [0.25, 0.3) is 0 Å². The Bertz CT molecular complexity index is 568. The maximum Gasteiger partial charge on any atom is 0.249 e. The first-order valence-corrected chi connectivity index (χ1v) is 7.99. The molecule has 1 heterocycles. The SMILES string of the molecule is CC.CC.CC.CN(C)c1c(Cc2cccnc2)c(=O)c1=O. The third kappa shape index (κ3) is 5.80. The molecule has 0 aliphatic carbocycles. The van der Waals surface area contributed by atoms with Gasteiger partial charge in [0.1, 0.15) is 0 Å². The molecule has 0 bridgehead atoms. The van der Waals surface area contributed by atoms with Gasteiger partial charge in [-0.05, 0) is 11.6 Å². The highest BCUT2D eigenvalue weighted by Gasteiger charge is 2.21. The topological polar surface area (TPSA) is 50.3 Å². The quantitative estimate of drug-likeness (QED) is 0.815. The normalized spacial score (nSPS) is 8.55. The summed E-state index contributed by atoms with van der Waals surface area (Å²) in [6.45, 7) is 12.0. The molecule has 124 valence electrons. The van der Waals surface area contributed by atoms with Gasteiger partial charge < -0.3 is 4.90 Å². The summed E-state index contributed by atoms with van der Waals surface area (Å²) in [7, 11) is 3.53. The van der Waals surface area contributed by atoms with Crippen molar-refractivity contribution >= 4 is 5.69 Å². The van der Waals surface area contributed by atoms with Gasteiger partial charge in [0.2, 0.25) is 10.9 Å². The first-order chi connectivity index (χ1) is 10.6. The molecule has 0 amide bonds. The predicted molar refractivity (Wildman–Crippen MR) is 96.8 cm³/mol. The number of rotatable bonds is 3. The van der Waals surface area contributed by atoms with Gasteiger partial charge in [0.15, 0.2) is 0 Å². The van der Waals surface area contributed by atoms with Crippen molar-refractivity contribution in [2.45, 2.75) is 48.0 Å². The van der Waals surface area contributed by atoms with Crippen LogP contribution in [0.15, 0.2) is 34.1 Å². The van der Waals surface area contributed by atoms with E-state index in [0.29, 0.717) is 17.7 Å². The van der Waals surface area contributed by atoms with Crippen LogP contribution in [0, 0.1) is 0 Å². The number of hydrogen-bond acceptors (Lipinski definition) is 4. The maximum absolute atomic E-state index is 11.4. The van der Waals surface area contributed by atoms with Gasteiger partial charge in [-0.1, -0.05) is 47.6 Å². The Hall–Kier alpha value is -1.97. The molecule has 4 nitrogen and oxygen atoms in total. The van der Waals surface area contributed by atoms with Gasteiger partial charge in [0, 0.05) is 38.5 Å². The van der Waals surface area contributed by atoms with Crippen LogP contribution in [-0.2, 0) is 6.42 Å². The largest absolute Gasteiger partial charge is 0.374 e. The lowest BCUT2D eigenvalue weighted by Crippen LogP contribution is -2.41. The van der Waals surface area contributed by atoms with Crippen LogP contribution in [0.3, 0.4) is 0 Å². The summed E-state index contributed by atoms with van der Waals surface area (Å²) in [6, 6.07) is 3.71. The van der Waals surface area contributed by atoms with E-state index in [9.17, 15) is 9.59 Å². The van der Waals surface area contributed by atoms with Crippen molar-refractivity contribution in [1.82, 2.24) is 4.98 Å². The molecule has 1 aromatic heterocycles. The van der Waals surface area contributed by atoms with E-state index in [-0.39, 0.29) is 10.9 Å². The minimum atomic E-state index is -0.385. The molecule has 0 radical (unpaired) electrons. The molecule has 0 atom stereocenters. The Morgan fingerprint density at radius 2 is 1.50 bits per heavy atom. The van der Waals surface area contributed by atoms with Crippen LogP contribution in [0.4, 0.5) is 5.69 Å². The highest BCUT2D eigenvalue weighted by atomic mass is 16.2. The Labute approximate surface area is 134 Å². The second kappa shape index (κ2) is 12.7. The van der Waals surface area contributed by atoms with Gasteiger partial charge in [-0.3, -0.25) is 14.6 Å². The number of pyridine rings is 1. The molecule has 0 fully saturated rings. The zero-order chi connectivity index (χ0) is 17.7. The molecule has 0 N–H and O–H groups in total. The van der Waals surface area contributed by atoms with E-state index in [4.69, 9.17) is 0 Å². The van der Waals surface area contributed by atoms with Crippen molar-refractivity contribution in [2.24, 2.45) is 0 Å². The van der Waals surface area contributed by atoms with E-state index >= 15 is 0 Å². The third-order valence-corrected chi connectivity index (χ3v) is 2.53. The van der Waals surface area contributed by atoms with Crippen LogP contribution in [0.1, 0.15) is 52.7 Å². The highest BCUT2D eigenvalue weighted by Crippen LogP contribution is 2.15. The van der Waals surface area contributed by atoms with Crippen molar-refractivity contribution in [1.29, 1.82) is 0 Å². The van der Waals surface area contributed by atoms with Crippen LogP contribution >= 0.6 is 0 Å². The second-order valence-corrected chi connectivity index (χ2v) is 3.92. The molecular formula is C18H30N2O2. The van der Waals surface area contributed by atoms with Crippen molar-refractivity contribution in [3.63, 3.8) is 0 Å². The Kier molecular flexibility index (Phi) is 12.9. The molecule has 1 aromatic carbocycles. The fourth-order valence-electron chi connectivity index (χ4n) is 1.77. The van der Waals surface area contributed by atoms with E-state index < -0.39 is 0 Å². The average molecular weight is 306 g/mol. The van der Waals surface area contributed by atoms with Gasteiger partial charge in [0.25, 0.3) is 0 Å². The molecule has 2 aromatic rings. The van der Waals surface area contributed by atoms with Crippen molar-refractivity contribution in [2.75, 3.05) is 19.0 Å². The molecule has 0 aliphatic rings. The number of nitrogens with zero attached hydrogens (tertiary/aromatic N) is 2.